The molecule has 1 aromatic carbocycles. The molecule has 0 saturated carbocycles. The largest absolute Gasteiger partial charge is 0.485 e. The van der Waals surface area contributed by atoms with Crippen molar-refractivity contribution in [1.29, 1.82) is 0 Å². The van der Waals surface area contributed by atoms with Gasteiger partial charge in [0.15, 0.2) is 11.6 Å². The second-order valence-electron chi connectivity index (χ2n) is 4.84. The lowest BCUT2D eigenvalue weighted by atomic mass is 10.2. The molecule has 0 aliphatic carbocycles. The fourth-order valence-electron chi connectivity index (χ4n) is 2.44. The minimum atomic E-state index is -0.667. The quantitative estimate of drug-likeness (QED) is 0.794. The van der Waals surface area contributed by atoms with Crippen LogP contribution >= 0.6 is 0 Å². The van der Waals surface area contributed by atoms with Crippen LogP contribution in [0.4, 0.5) is 4.39 Å². The molecule has 6 heteroatoms. The van der Waals surface area contributed by atoms with Crippen molar-refractivity contribution < 1.29 is 23.5 Å². The summed E-state index contributed by atoms with van der Waals surface area (Å²) in [6.07, 6.45) is 0.161. The van der Waals surface area contributed by atoms with Gasteiger partial charge in [0.2, 0.25) is 5.91 Å². The van der Waals surface area contributed by atoms with Gasteiger partial charge in [-0.3, -0.25) is 4.79 Å². The maximum Gasteiger partial charge on any atom is 0.328 e. The van der Waals surface area contributed by atoms with Crippen molar-refractivity contribution >= 4 is 11.9 Å². The molecule has 0 radical (unpaired) electrons. The Morgan fingerprint density at radius 3 is 2.71 bits per heavy atom. The molecular weight excluding hydrogens is 277 g/mol. The predicted molar refractivity (Wildman–Crippen MR) is 73.2 cm³/mol. The second kappa shape index (κ2) is 6.56. The standard InChI is InChI=1S/C15H18FNO4/c1-3-14(18)17-9-10(8-12(17)15(19)20-2)21-13-7-5-4-6-11(13)16/h4-7,10,12H,3,8-9H2,1-2H3/t10-,12-/m1/s1. The number of halogens is 1. The monoisotopic (exact) mass is 295 g/mol. The molecule has 0 aromatic heterocycles. The van der Waals surface area contributed by atoms with E-state index in [0.29, 0.717) is 12.8 Å². The zero-order valence-corrected chi connectivity index (χ0v) is 12.0. The Bertz CT molecular complexity index is 510. The number of carbonyl (C=O) groups excluding carboxylic acids is 2. The topological polar surface area (TPSA) is 55.8 Å². The van der Waals surface area contributed by atoms with Gasteiger partial charge in [0.05, 0.1) is 13.7 Å². The first-order valence-electron chi connectivity index (χ1n) is 6.85. The number of amides is 1. The molecule has 114 valence electrons. The van der Waals surface area contributed by atoms with Gasteiger partial charge in [0.25, 0.3) is 0 Å². The lowest BCUT2D eigenvalue weighted by Gasteiger charge is -2.21. The van der Waals surface area contributed by atoms with Crippen LogP contribution in [0.2, 0.25) is 0 Å². The third-order valence-electron chi connectivity index (χ3n) is 3.49. The van der Waals surface area contributed by atoms with Gasteiger partial charge in [-0.2, -0.15) is 0 Å². The first-order valence-corrected chi connectivity index (χ1v) is 6.85. The summed E-state index contributed by atoms with van der Waals surface area (Å²) in [6, 6.07) is 5.39. The van der Waals surface area contributed by atoms with E-state index < -0.39 is 23.9 Å². The molecule has 1 amide bonds. The van der Waals surface area contributed by atoms with Crippen LogP contribution in [0.25, 0.3) is 0 Å². The number of esters is 1. The summed E-state index contributed by atoms with van der Waals surface area (Å²) >= 11 is 0. The first kappa shape index (κ1) is 15.3. The zero-order valence-electron chi connectivity index (χ0n) is 12.0. The number of carbonyl (C=O) groups is 2. The summed E-state index contributed by atoms with van der Waals surface area (Å²) in [5, 5.41) is 0. The highest BCUT2D eigenvalue weighted by molar-refractivity contribution is 5.85. The van der Waals surface area contributed by atoms with Gasteiger partial charge < -0.3 is 14.4 Å². The number of nitrogens with zero attached hydrogens (tertiary/aromatic N) is 1. The van der Waals surface area contributed by atoms with Crippen LogP contribution in [0.1, 0.15) is 19.8 Å². The van der Waals surface area contributed by atoms with E-state index in [-0.39, 0.29) is 18.2 Å². The number of methoxy groups -OCH3 is 1. The van der Waals surface area contributed by atoms with E-state index in [2.05, 4.69) is 0 Å². The Balaban J connectivity index is 2.11. The van der Waals surface area contributed by atoms with Gasteiger partial charge in [0.1, 0.15) is 12.1 Å². The van der Waals surface area contributed by atoms with Crippen molar-refractivity contribution in [3.05, 3.63) is 30.1 Å². The van der Waals surface area contributed by atoms with E-state index >= 15 is 0 Å². The zero-order chi connectivity index (χ0) is 15.4. The van der Waals surface area contributed by atoms with Crippen molar-refractivity contribution in [2.24, 2.45) is 0 Å². The van der Waals surface area contributed by atoms with Gasteiger partial charge in [0, 0.05) is 12.8 Å². The Labute approximate surface area is 122 Å². The smallest absolute Gasteiger partial charge is 0.328 e. The summed E-state index contributed by atoms with van der Waals surface area (Å²) in [7, 11) is 1.28. The maximum atomic E-state index is 13.6. The lowest BCUT2D eigenvalue weighted by Crippen LogP contribution is -2.40. The Kier molecular flexibility index (Phi) is 4.77. The van der Waals surface area contributed by atoms with Crippen molar-refractivity contribution in [2.45, 2.75) is 31.9 Å². The number of rotatable bonds is 4. The fourth-order valence-corrected chi connectivity index (χ4v) is 2.44. The molecule has 1 heterocycles. The van der Waals surface area contributed by atoms with E-state index in [1.165, 1.54) is 24.1 Å². The molecule has 1 saturated heterocycles. The minimum Gasteiger partial charge on any atom is -0.485 e. The highest BCUT2D eigenvalue weighted by Gasteiger charge is 2.41. The third kappa shape index (κ3) is 3.32. The Morgan fingerprint density at radius 2 is 2.10 bits per heavy atom. The number of benzene rings is 1. The average Bonchev–Trinajstić information content (AvgIpc) is 2.92. The third-order valence-corrected chi connectivity index (χ3v) is 3.49. The van der Waals surface area contributed by atoms with Gasteiger partial charge in [-0.1, -0.05) is 19.1 Å². The predicted octanol–water partition coefficient (Wildman–Crippen LogP) is 1.76. The number of likely N-dealkylation sites (tertiary alicyclic amines) is 1. The Morgan fingerprint density at radius 1 is 1.38 bits per heavy atom. The number of hydrogen-bond acceptors (Lipinski definition) is 4. The highest BCUT2D eigenvalue weighted by atomic mass is 19.1. The van der Waals surface area contributed by atoms with E-state index in [4.69, 9.17) is 9.47 Å². The van der Waals surface area contributed by atoms with E-state index in [1.807, 2.05) is 0 Å². The van der Waals surface area contributed by atoms with E-state index in [9.17, 15) is 14.0 Å². The average molecular weight is 295 g/mol. The molecule has 2 atom stereocenters. The normalized spacial score (nSPS) is 21.2. The number of hydrogen-bond donors (Lipinski definition) is 0. The van der Waals surface area contributed by atoms with Crippen molar-refractivity contribution in [2.75, 3.05) is 13.7 Å². The second-order valence-corrected chi connectivity index (χ2v) is 4.84. The van der Waals surface area contributed by atoms with Crippen molar-refractivity contribution in [3.8, 4) is 5.75 Å². The molecule has 0 bridgehead atoms. The summed E-state index contributed by atoms with van der Waals surface area (Å²) in [6.45, 7) is 1.97. The summed E-state index contributed by atoms with van der Waals surface area (Å²) < 4.78 is 23.9. The van der Waals surface area contributed by atoms with E-state index in [1.54, 1.807) is 19.1 Å². The van der Waals surface area contributed by atoms with Crippen LogP contribution < -0.4 is 4.74 Å². The lowest BCUT2D eigenvalue weighted by molar-refractivity contribution is -0.150. The SMILES string of the molecule is CCC(=O)N1C[C@H](Oc2ccccc2F)C[C@@H]1C(=O)OC. The molecule has 0 N–H and O–H groups in total. The molecule has 0 unspecified atom stereocenters. The number of para-hydroxylation sites is 1. The molecule has 1 aliphatic rings. The van der Waals surface area contributed by atoms with Gasteiger partial charge in [-0.25, -0.2) is 9.18 Å². The van der Waals surface area contributed by atoms with Crippen LogP contribution in [0, 0.1) is 5.82 Å². The van der Waals surface area contributed by atoms with Crippen molar-refractivity contribution in [1.82, 2.24) is 4.90 Å². The van der Waals surface area contributed by atoms with Crippen LogP contribution in [0.5, 0.6) is 5.75 Å². The van der Waals surface area contributed by atoms with Gasteiger partial charge in [-0.15, -0.1) is 0 Å². The molecule has 2 rings (SSSR count). The van der Waals surface area contributed by atoms with Gasteiger partial charge in [-0.05, 0) is 12.1 Å². The highest BCUT2D eigenvalue weighted by Crippen LogP contribution is 2.26. The maximum absolute atomic E-state index is 13.6. The van der Waals surface area contributed by atoms with Crippen LogP contribution in [0.15, 0.2) is 24.3 Å². The van der Waals surface area contributed by atoms with Crippen molar-refractivity contribution in [3.63, 3.8) is 0 Å². The molecular formula is C15H18FNO4. The molecule has 0 spiro atoms. The molecule has 1 aliphatic heterocycles. The van der Waals surface area contributed by atoms with Gasteiger partial charge >= 0.3 is 5.97 Å². The molecule has 21 heavy (non-hydrogen) atoms. The summed E-state index contributed by atoms with van der Waals surface area (Å²) in [5.41, 5.74) is 0. The van der Waals surface area contributed by atoms with E-state index in [0.717, 1.165) is 0 Å². The Hall–Kier alpha value is -2.11. The molecule has 5 nitrogen and oxygen atoms in total. The summed E-state index contributed by atoms with van der Waals surface area (Å²) in [5.74, 6) is -0.967. The fraction of sp³-hybridized carbons (Fsp3) is 0.467. The minimum absolute atomic E-state index is 0.122. The number of ether oxygens (including phenoxy) is 2. The summed E-state index contributed by atoms with van der Waals surface area (Å²) in [4.78, 5) is 25.1. The first-order chi connectivity index (χ1) is 10.1. The molecule has 1 aromatic rings. The van der Waals surface area contributed by atoms with Crippen LogP contribution in [-0.4, -0.2) is 42.6 Å². The molecule has 1 fully saturated rings. The van der Waals surface area contributed by atoms with Crippen LogP contribution in [0.3, 0.4) is 0 Å². The van der Waals surface area contributed by atoms with Crippen LogP contribution in [-0.2, 0) is 14.3 Å².